The molecule has 0 fully saturated rings. The van der Waals surface area contributed by atoms with Crippen molar-refractivity contribution < 1.29 is 35.5 Å². The van der Waals surface area contributed by atoms with E-state index in [-0.39, 0.29) is 6.07 Å². The second-order valence-electron chi connectivity index (χ2n) is 6.26. The maximum absolute atomic E-state index is 13.9. The summed E-state index contributed by atoms with van der Waals surface area (Å²) in [5, 5.41) is 22.7. The van der Waals surface area contributed by atoms with Crippen molar-refractivity contribution >= 4 is 37.1 Å². The van der Waals surface area contributed by atoms with Crippen LogP contribution in [0.25, 0.3) is 0 Å². The number of nitro benzene ring substituents is 2. The van der Waals surface area contributed by atoms with Crippen LogP contribution in [0.5, 0.6) is 0 Å². The highest BCUT2D eigenvalue weighted by Crippen LogP contribution is 2.37. The minimum absolute atomic E-state index is 0.230. The average molecular weight is 499 g/mol. The molecule has 0 saturated heterocycles. The minimum atomic E-state index is -5.42. The molecule has 0 atom stereocenters. The number of sulfonamides is 2. The van der Waals surface area contributed by atoms with Crippen LogP contribution in [-0.2, 0) is 20.0 Å². The fraction of sp³-hybridized carbons (Fsp3) is 0. The first-order valence-electron chi connectivity index (χ1n) is 8.61. The number of nitrogens with zero attached hydrogens (tertiary/aromatic N) is 3. The van der Waals surface area contributed by atoms with Crippen molar-refractivity contribution in [3.05, 3.63) is 98.6 Å². The maximum Gasteiger partial charge on any atom is 0.289 e. The van der Waals surface area contributed by atoms with Crippen LogP contribution in [0.3, 0.4) is 0 Å². The van der Waals surface area contributed by atoms with Crippen molar-refractivity contribution in [2.45, 2.75) is 9.79 Å². The summed E-state index contributed by atoms with van der Waals surface area (Å²) in [5.41, 5.74) is -2.99. The fourth-order valence-corrected chi connectivity index (χ4v) is 6.81. The van der Waals surface area contributed by atoms with Crippen LogP contribution < -0.4 is 3.71 Å². The Morgan fingerprint density at radius 2 is 1.09 bits per heavy atom. The van der Waals surface area contributed by atoms with Crippen LogP contribution in [0.2, 0.25) is 0 Å². The number of para-hydroxylation sites is 2. The molecule has 0 N–H and O–H groups in total. The Bertz CT molecular complexity index is 1410. The monoisotopic (exact) mass is 499 g/mol. The van der Waals surface area contributed by atoms with Crippen LogP contribution in [0.15, 0.2) is 76.5 Å². The summed E-state index contributed by atoms with van der Waals surface area (Å²) in [6, 6.07) is 8.67. The molecule has 3 aromatic carbocycles. The molecule has 0 spiro atoms. The van der Waals surface area contributed by atoms with Gasteiger partial charge in [0.05, 0.1) is 15.5 Å². The van der Waals surface area contributed by atoms with Crippen molar-refractivity contribution in [2.75, 3.05) is 3.71 Å². The van der Waals surface area contributed by atoms with Gasteiger partial charge in [0.25, 0.3) is 31.4 Å². The summed E-state index contributed by atoms with van der Waals surface area (Å²) in [7, 11) is -10.8. The highest BCUT2D eigenvalue weighted by atomic mass is 32.3. The zero-order chi connectivity index (χ0) is 24.6. The van der Waals surface area contributed by atoms with E-state index in [0.717, 1.165) is 48.5 Å². The number of hydrogen-bond acceptors (Lipinski definition) is 8. The highest BCUT2D eigenvalue weighted by molar-refractivity contribution is 8.10. The Balaban J connectivity index is 2.42. The minimum Gasteiger partial charge on any atom is -0.258 e. The van der Waals surface area contributed by atoms with Crippen LogP contribution in [0.1, 0.15) is 0 Å². The topological polar surface area (TPSA) is 158 Å². The summed E-state index contributed by atoms with van der Waals surface area (Å²) >= 11 is 0. The van der Waals surface area contributed by atoms with Gasteiger partial charge in [-0.1, -0.05) is 24.3 Å². The molecule has 0 aromatic heterocycles. The van der Waals surface area contributed by atoms with E-state index in [1.54, 1.807) is 0 Å². The summed E-state index contributed by atoms with van der Waals surface area (Å²) in [6.07, 6.45) is 0. The molecule has 0 bridgehead atoms. The first-order valence-corrected chi connectivity index (χ1v) is 11.5. The average Bonchev–Trinajstić information content (AvgIpc) is 2.76. The molecule has 0 aliphatic heterocycles. The van der Waals surface area contributed by atoms with Crippen LogP contribution in [0.4, 0.5) is 25.8 Å². The Hall–Kier alpha value is -3.98. The molecule has 0 saturated carbocycles. The van der Waals surface area contributed by atoms with E-state index < -0.39 is 72.1 Å². The summed E-state index contributed by atoms with van der Waals surface area (Å²) < 4.78 is 80.6. The lowest BCUT2D eigenvalue weighted by Gasteiger charge is -2.24. The summed E-state index contributed by atoms with van der Waals surface area (Å²) in [6.45, 7) is 0. The number of hydrogen-bond donors (Lipinski definition) is 0. The van der Waals surface area contributed by atoms with Crippen LogP contribution in [-0.4, -0.2) is 26.7 Å². The molecule has 33 heavy (non-hydrogen) atoms. The van der Waals surface area contributed by atoms with Gasteiger partial charge >= 0.3 is 0 Å². The van der Waals surface area contributed by atoms with E-state index in [4.69, 9.17) is 0 Å². The standard InChI is InChI=1S/C18H11F2N3O8S2/c19-13-10-9-12(11-14(13)20)23(32(28,29)17-7-3-1-5-15(17)21(24)25)33(30,31)18-8-4-2-6-16(18)22(26)27/h1-11H. The van der Waals surface area contributed by atoms with Crippen molar-refractivity contribution in [2.24, 2.45) is 0 Å². The molecular formula is C18H11F2N3O8S2. The molecule has 3 aromatic rings. The van der Waals surface area contributed by atoms with Gasteiger partial charge in [-0.2, -0.15) is 20.5 Å². The van der Waals surface area contributed by atoms with Gasteiger partial charge in [0.2, 0.25) is 0 Å². The summed E-state index contributed by atoms with van der Waals surface area (Å²) in [4.78, 5) is 18.4. The zero-order valence-electron chi connectivity index (χ0n) is 16.0. The Morgan fingerprint density at radius 3 is 1.48 bits per heavy atom. The molecule has 15 heteroatoms. The molecule has 0 aliphatic carbocycles. The molecule has 0 unspecified atom stereocenters. The first-order chi connectivity index (χ1) is 15.4. The third kappa shape index (κ3) is 4.22. The highest BCUT2D eigenvalue weighted by Gasteiger charge is 2.43. The number of benzene rings is 3. The number of nitro groups is 2. The predicted molar refractivity (Wildman–Crippen MR) is 109 cm³/mol. The third-order valence-electron chi connectivity index (χ3n) is 4.23. The van der Waals surface area contributed by atoms with Gasteiger partial charge in [-0.25, -0.2) is 8.78 Å². The second-order valence-corrected chi connectivity index (χ2v) is 10.00. The SMILES string of the molecule is O=[N+]([O-])c1ccccc1S(=O)(=O)N(c1ccc(F)c(F)c1)S(=O)(=O)c1ccccc1[N+](=O)[O-]. The molecule has 172 valence electrons. The van der Waals surface area contributed by atoms with E-state index in [1.165, 1.54) is 0 Å². The van der Waals surface area contributed by atoms with E-state index in [1.807, 2.05) is 0 Å². The van der Waals surface area contributed by atoms with Gasteiger partial charge in [0.1, 0.15) is 0 Å². The normalized spacial score (nSPS) is 11.7. The number of rotatable bonds is 7. The van der Waals surface area contributed by atoms with E-state index >= 15 is 0 Å². The first kappa shape index (κ1) is 23.7. The molecule has 3 rings (SSSR count). The van der Waals surface area contributed by atoms with Crippen molar-refractivity contribution in [1.29, 1.82) is 0 Å². The quantitative estimate of drug-likeness (QED) is 0.354. The van der Waals surface area contributed by atoms with Crippen molar-refractivity contribution in [3.8, 4) is 0 Å². The number of halogens is 2. The Labute approximate surface area is 184 Å². The molecular weight excluding hydrogens is 488 g/mol. The van der Waals surface area contributed by atoms with Crippen LogP contribution >= 0.6 is 0 Å². The van der Waals surface area contributed by atoms with Gasteiger partial charge in [-0.05, 0) is 24.3 Å². The largest absolute Gasteiger partial charge is 0.289 e. The lowest BCUT2D eigenvalue weighted by molar-refractivity contribution is -0.388. The maximum atomic E-state index is 13.9. The lowest BCUT2D eigenvalue weighted by atomic mass is 10.3. The zero-order valence-corrected chi connectivity index (χ0v) is 17.7. The Kier molecular flexibility index (Phi) is 6.11. The van der Waals surface area contributed by atoms with E-state index in [0.29, 0.717) is 12.1 Å². The van der Waals surface area contributed by atoms with Crippen LogP contribution in [0, 0.1) is 31.9 Å². The smallest absolute Gasteiger partial charge is 0.258 e. The van der Waals surface area contributed by atoms with Gasteiger partial charge in [-0.15, -0.1) is 0 Å². The second kappa shape index (κ2) is 8.51. The van der Waals surface area contributed by atoms with E-state index in [2.05, 4.69) is 0 Å². The Morgan fingerprint density at radius 1 is 0.667 bits per heavy atom. The van der Waals surface area contributed by atoms with Crippen molar-refractivity contribution in [1.82, 2.24) is 0 Å². The lowest BCUT2D eigenvalue weighted by Crippen LogP contribution is -2.37. The molecule has 0 amide bonds. The fourth-order valence-electron chi connectivity index (χ4n) is 2.84. The van der Waals surface area contributed by atoms with Gasteiger partial charge in [0.15, 0.2) is 21.4 Å². The molecule has 0 aliphatic rings. The summed E-state index contributed by atoms with van der Waals surface area (Å²) in [5.74, 6) is -3.07. The molecule has 0 heterocycles. The third-order valence-corrected chi connectivity index (χ3v) is 8.50. The van der Waals surface area contributed by atoms with Gasteiger partial charge in [0, 0.05) is 18.2 Å². The predicted octanol–water partition coefficient (Wildman–Crippen LogP) is 3.37. The number of anilines is 1. The van der Waals surface area contributed by atoms with Gasteiger partial charge in [-0.3, -0.25) is 20.2 Å². The van der Waals surface area contributed by atoms with Crippen molar-refractivity contribution in [3.63, 3.8) is 0 Å². The van der Waals surface area contributed by atoms with E-state index in [9.17, 15) is 45.8 Å². The molecule has 0 radical (unpaired) electrons. The molecule has 11 nitrogen and oxygen atoms in total. The van der Waals surface area contributed by atoms with Gasteiger partial charge < -0.3 is 0 Å².